The monoisotopic (exact) mass is 262 g/mol. The number of rotatable bonds is 7. The van der Waals surface area contributed by atoms with Gasteiger partial charge < -0.3 is 15.7 Å². The Balaban J connectivity index is 1.75. The molecule has 1 aliphatic carbocycles. The first-order valence-electron chi connectivity index (χ1n) is 6.52. The van der Waals surface area contributed by atoms with Crippen LogP contribution in [0.3, 0.4) is 0 Å². The highest BCUT2D eigenvalue weighted by Gasteiger charge is 2.19. The fraction of sp³-hybridized carbons (Fsp3) is 0.429. The lowest BCUT2D eigenvalue weighted by molar-refractivity contribution is 0.0697. The molecule has 0 aliphatic heterocycles. The van der Waals surface area contributed by atoms with Gasteiger partial charge in [0, 0.05) is 18.2 Å². The van der Waals surface area contributed by atoms with Gasteiger partial charge in [-0.2, -0.15) is 0 Å². The normalized spacial score (nSPS) is 14.1. The van der Waals surface area contributed by atoms with E-state index in [1.807, 2.05) is 0 Å². The number of hydrogen-bond acceptors (Lipinski definition) is 3. The zero-order valence-corrected chi connectivity index (χ0v) is 10.7. The molecule has 0 radical (unpaired) electrons. The van der Waals surface area contributed by atoms with Crippen molar-refractivity contribution in [2.45, 2.75) is 25.3 Å². The molecular formula is C14H18N2O3. The van der Waals surface area contributed by atoms with Crippen LogP contribution in [0.5, 0.6) is 0 Å². The minimum atomic E-state index is -1.02. The average molecular weight is 262 g/mol. The smallest absolute Gasteiger partial charge is 0.335 e. The van der Waals surface area contributed by atoms with Gasteiger partial charge in [0.25, 0.3) is 5.91 Å². The molecule has 0 unspecified atom stereocenters. The van der Waals surface area contributed by atoms with Crippen LogP contribution in [0, 0.1) is 0 Å². The van der Waals surface area contributed by atoms with Crippen LogP contribution in [-0.2, 0) is 0 Å². The van der Waals surface area contributed by atoms with Gasteiger partial charge >= 0.3 is 5.97 Å². The third-order valence-corrected chi connectivity index (χ3v) is 3.02. The maximum atomic E-state index is 11.8. The van der Waals surface area contributed by atoms with Crippen molar-refractivity contribution in [2.75, 3.05) is 13.1 Å². The Morgan fingerprint density at radius 2 is 1.95 bits per heavy atom. The van der Waals surface area contributed by atoms with Crippen molar-refractivity contribution in [2.24, 2.45) is 0 Å². The maximum absolute atomic E-state index is 11.8. The Labute approximate surface area is 112 Å². The quantitative estimate of drug-likeness (QED) is 0.646. The molecule has 2 rings (SSSR count). The number of hydrogen-bond donors (Lipinski definition) is 3. The summed E-state index contributed by atoms with van der Waals surface area (Å²) in [6.07, 6.45) is 3.39. The van der Waals surface area contributed by atoms with Crippen LogP contribution in [0.4, 0.5) is 0 Å². The van der Waals surface area contributed by atoms with Gasteiger partial charge in [0.15, 0.2) is 0 Å². The summed E-state index contributed by atoms with van der Waals surface area (Å²) in [5.41, 5.74) is 0.512. The summed E-state index contributed by atoms with van der Waals surface area (Å²) in [5.74, 6) is -1.25. The molecule has 19 heavy (non-hydrogen) atoms. The van der Waals surface area contributed by atoms with Gasteiger partial charge in [-0.3, -0.25) is 4.79 Å². The first kappa shape index (κ1) is 13.5. The largest absolute Gasteiger partial charge is 0.478 e. The zero-order valence-electron chi connectivity index (χ0n) is 10.7. The van der Waals surface area contributed by atoms with Gasteiger partial charge in [0.2, 0.25) is 0 Å². The van der Waals surface area contributed by atoms with Gasteiger partial charge in [-0.25, -0.2) is 4.79 Å². The SMILES string of the molecule is O=C(O)c1cccc(C(=O)NCCCNC2CC2)c1. The van der Waals surface area contributed by atoms with Gasteiger partial charge in [-0.15, -0.1) is 0 Å². The molecule has 5 nitrogen and oxygen atoms in total. The van der Waals surface area contributed by atoms with Crippen molar-refractivity contribution < 1.29 is 14.7 Å². The molecule has 0 bridgehead atoms. The van der Waals surface area contributed by atoms with Crippen molar-refractivity contribution >= 4 is 11.9 Å². The molecule has 0 spiro atoms. The standard InChI is InChI=1S/C14H18N2O3/c17-13(16-8-2-7-15-12-5-6-12)10-3-1-4-11(9-10)14(18)19/h1,3-4,9,12,15H,2,5-8H2,(H,16,17)(H,18,19). The molecule has 0 saturated heterocycles. The van der Waals surface area contributed by atoms with Gasteiger partial charge in [-0.1, -0.05) is 6.07 Å². The number of carboxylic acid groups (broad SMARTS) is 1. The summed E-state index contributed by atoms with van der Waals surface area (Å²) < 4.78 is 0. The number of carbonyl (C=O) groups excluding carboxylic acids is 1. The van der Waals surface area contributed by atoms with Crippen LogP contribution >= 0.6 is 0 Å². The molecule has 102 valence electrons. The zero-order chi connectivity index (χ0) is 13.7. The van der Waals surface area contributed by atoms with E-state index in [-0.39, 0.29) is 11.5 Å². The van der Waals surface area contributed by atoms with E-state index < -0.39 is 5.97 Å². The van der Waals surface area contributed by atoms with E-state index in [4.69, 9.17) is 5.11 Å². The molecule has 0 aromatic heterocycles. The molecule has 1 aromatic rings. The maximum Gasteiger partial charge on any atom is 0.335 e. The van der Waals surface area contributed by atoms with E-state index in [1.165, 1.54) is 25.0 Å². The molecule has 1 aliphatic rings. The fourth-order valence-corrected chi connectivity index (χ4v) is 1.78. The second kappa shape index (κ2) is 6.33. The predicted octanol–water partition coefficient (Wildman–Crippen LogP) is 1.26. The van der Waals surface area contributed by atoms with Crippen LogP contribution in [0.1, 0.15) is 40.0 Å². The molecule has 5 heteroatoms. The Morgan fingerprint density at radius 1 is 1.21 bits per heavy atom. The van der Waals surface area contributed by atoms with Crippen molar-refractivity contribution in [3.63, 3.8) is 0 Å². The minimum Gasteiger partial charge on any atom is -0.478 e. The van der Waals surface area contributed by atoms with Crippen LogP contribution in [0.2, 0.25) is 0 Å². The number of nitrogens with one attached hydrogen (secondary N) is 2. The third kappa shape index (κ3) is 4.37. The third-order valence-electron chi connectivity index (χ3n) is 3.02. The molecule has 3 N–H and O–H groups in total. The van der Waals surface area contributed by atoms with E-state index in [1.54, 1.807) is 12.1 Å². The summed E-state index contributed by atoms with van der Waals surface area (Å²) in [7, 11) is 0. The van der Waals surface area contributed by atoms with Crippen LogP contribution < -0.4 is 10.6 Å². The lowest BCUT2D eigenvalue weighted by atomic mass is 10.1. The lowest BCUT2D eigenvalue weighted by Crippen LogP contribution is -2.28. The van der Waals surface area contributed by atoms with E-state index in [0.29, 0.717) is 18.2 Å². The van der Waals surface area contributed by atoms with Crippen molar-refractivity contribution in [1.29, 1.82) is 0 Å². The van der Waals surface area contributed by atoms with Crippen LogP contribution in [-0.4, -0.2) is 36.1 Å². The topological polar surface area (TPSA) is 78.4 Å². The molecule has 0 heterocycles. The highest BCUT2D eigenvalue weighted by molar-refractivity contribution is 5.97. The molecule has 1 aromatic carbocycles. The minimum absolute atomic E-state index is 0.128. The van der Waals surface area contributed by atoms with Crippen molar-refractivity contribution in [1.82, 2.24) is 10.6 Å². The fourth-order valence-electron chi connectivity index (χ4n) is 1.78. The summed E-state index contributed by atoms with van der Waals surface area (Å²) in [6.45, 7) is 1.50. The number of carbonyl (C=O) groups is 2. The predicted molar refractivity (Wildman–Crippen MR) is 71.4 cm³/mol. The highest BCUT2D eigenvalue weighted by atomic mass is 16.4. The second-order valence-electron chi connectivity index (χ2n) is 4.72. The average Bonchev–Trinajstić information content (AvgIpc) is 3.22. The molecule has 0 atom stereocenters. The summed E-state index contributed by atoms with van der Waals surface area (Å²) in [5, 5.41) is 15.0. The van der Waals surface area contributed by atoms with Gasteiger partial charge in [0.05, 0.1) is 5.56 Å². The summed E-state index contributed by atoms with van der Waals surface area (Å²) in [4.78, 5) is 22.6. The molecule has 1 amide bonds. The van der Waals surface area contributed by atoms with E-state index in [9.17, 15) is 9.59 Å². The van der Waals surface area contributed by atoms with E-state index in [0.717, 1.165) is 13.0 Å². The number of carboxylic acids is 1. The van der Waals surface area contributed by atoms with Crippen LogP contribution in [0.25, 0.3) is 0 Å². The van der Waals surface area contributed by atoms with Gasteiger partial charge in [-0.05, 0) is 44.0 Å². The van der Waals surface area contributed by atoms with E-state index >= 15 is 0 Å². The number of benzene rings is 1. The Hall–Kier alpha value is -1.88. The first-order valence-corrected chi connectivity index (χ1v) is 6.52. The Kier molecular flexibility index (Phi) is 4.52. The van der Waals surface area contributed by atoms with Gasteiger partial charge in [0.1, 0.15) is 0 Å². The first-order chi connectivity index (χ1) is 9.16. The van der Waals surface area contributed by atoms with Crippen molar-refractivity contribution in [3.8, 4) is 0 Å². The molecule has 1 saturated carbocycles. The van der Waals surface area contributed by atoms with Crippen LogP contribution in [0.15, 0.2) is 24.3 Å². The highest BCUT2D eigenvalue weighted by Crippen LogP contribution is 2.18. The van der Waals surface area contributed by atoms with E-state index in [2.05, 4.69) is 10.6 Å². The number of amides is 1. The Morgan fingerprint density at radius 3 is 2.63 bits per heavy atom. The Bertz CT molecular complexity index is 470. The second-order valence-corrected chi connectivity index (χ2v) is 4.72. The molecule has 1 fully saturated rings. The number of aromatic carboxylic acids is 1. The summed E-state index contributed by atoms with van der Waals surface area (Å²) in [6, 6.07) is 6.73. The lowest BCUT2D eigenvalue weighted by Gasteiger charge is -2.06. The van der Waals surface area contributed by atoms with Crippen molar-refractivity contribution in [3.05, 3.63) is 35.4 Å². The molecular weight excluding hydrogens is 244 g/mol. The summed E-state index contributed by atoms with van der Waals surface area (Å²) >= 11 is 0.